The minimum Gasteiger partial charge on any atom is -0.463 e. The fraction of sp³-hybridized carbons (Fsp3) is 0.444. The van der Waals surface area contributed by atoms with Gasteiger partial charge in [0, 0.05) is 25.7 Å². The summed E-state index contributed by atoms with van der Waals surface area (Å²) in [6, 6.07) is 7.31. The van der Waals surface area contributed by atoms with E-state index < -0.39 is 0 Å². The molecule has 0 spiro atoms. The van der Waals surface area contributed by atoms with Gasteiger partial charge in [0.15, 0.2) is 0 Å². The molecule has 0 aliphatic carbocycles. The van der Waals surface area contributed by atoms with E-state index in [9.17, 15) is 9.59 Å². The van der Waals surface area contributed by atoms with Gasteiger partial charge in [0.05, 0.1) is 12.0 Å². The molecule has 2 aliphatic heterocycles. The number of piperidine rings is 1. The molecule has 1 N–H and O–H groups in total. The average molecular weight is 327 g/mol. The van der Waals surface area contributed by atoms with Gasteiger partial charge in [-0.1, -0.05) is 6.42 Å². The van der Waals surface area contributed by atoms with Crippen LogP contribution >= 0.6 is 0 Å². The molecule has 1 amide bonds. The number of aromatic amines is 1. The Morgan fingerprint density at radius 2 is 2.08 bits per heavy atom. The van der Waals surface area contributed by atoms with Crippen LogP contribution in [-0.2, 0) is 0 Å². The number of amides is 1. The van der Waals surface area contributed by atoms with Crippen molar-refractivity contribution in [2.24, 2.45) is 0 Å². The Balaban J connectivity index is 1.53. The molecule has 2 aliphatic rings. The first-order valence-electron chi connectivity index (χ1n) is 8.53. The highest BCUT2D eigenvalue weighted by Crippen LogP contribution is 2.22. The molecular weight excluding hydrogens is 306 g/mol. The Kier molecular flexibility index (Phi) is 3.98. The number of nitrogens with zero attached hydrogens (tertiary/aromatic N) is 2. The van der Waals surface area contributed by atoms with Crippen molar-refractivity contribution in [3.63, 3.8) is 0 Å². The number of hydrogen-bond donors (Lipinski definition) is 1. The molecule has 0 bridgehead atoms. The van der Waals surface area contributed by atoms with E-state index in [4.69, 9.17) is 4.42 Å². The van der Waals surface area contributed by atoms with E-state index in [0.29, 0.717) is 24.0 Å². The molecule has 2 aromatic rings. The standard InChI is InChI=1S/C18H21N3O3/c22-17-14(6-7-15(19-17)16-5-3-11-24-16)18(23)21-10-9-20-8-2-1-4-13(20)12-21/h3,5-7,11,13H,1-2,4,8-10,12H2,(H,19,22). The summed E-state index contributed by atoms with van der Waals surface area (Å²) in [5.74, 6) is 0.411. The summed E-state index contributed by atoms with van der Waals surface area (Å²) in [5.41, 5.74) is 0.424. The van der Waals surface area contributed by atoms with Crippen LogP contribution in [0.5, 0.6) is 0 Å². The fourth-order valence-corrected chi connectivity index (χ4v) is 3.73. The fourth-order valence-electron chi connectivity index (χ4n) is 3.73. The molecule has 0 aromatic carbocycles. The molecule has 2 fully saturated rings. The van der Waals surface area contributed by atoms with Crippen molar-refractivity contribution in [3.05, 3.63) is 46.4 Å². The van der Waals surface area contributed by atoms with Crippen LogP contribution in [0.15, 0.2) is 39.7 Å². The number of hydrogen-bond acceptors (Lipinski definition) is 4. The van der Waals surface area contributed by atoms with Crippen molar-refractivity contribution in [1.82, 2.24) is 14.8 Å². The molecule has 6 nitrogen and oxygen atoms in total. The van der Waals surface area contributed by atoms with Crippen LogP contribution in [0.3, 0.4) is 0 Å². The van der Waals surface area contributed by atoms with Gasteiger partial charge in [-0.25, -0.2) is 0 Å². The zero-order valence-electron chi connectivity index (χ0n) is 13.5. The lowest BCUT2D eigenvalue weighted by molar-refractivity contribution is 0.0371. The second-order valence-electron chi connectivity index (χ2n) is 6.53. The molecular formula is C18H21N3O3. The largest absolute Gasteiger partial charge is 0.463 e. The van der Waals surface area contributed by atoms with E-state index in [2.05, 4.69) is 9.88 Å². The van der Waals surface area contributed by atoms with Crippen LogP contribution in [-0.4, -0.2) is 52.9 Å². The van der Waals surface area contributed by atoms with Crippen molar-refractivity contribution in [3.8, 4) is 11.5 Å². The first-order valence-corrected chi connectivity index (χ1v) is 8.53. The first kappa shape index (κ1) is 15.2. The highest BCUT2D eigenvalue weighted by Gasteiger charge is 2.32. The summed E-state index contributed by atoms with van der Waals surface area (Å²) < 4.78 is 5.28. The van der Waals surface area contributed by atoms with E-state index in [1.54, 1.807) is 30.5 Å². The summed E-state index contributed by atoms with van der Waals surface area (Å²) in [4.78, 5) is 32.1. The van der Waals surface area contributed by atoms with Gasteiger partial charge >= 0.3 is 0 Å². The predicted octanol–water partition coefficient (Wildman–Crippen LogP) is 1.95. The number of carbonyl (C=O) groups excluding carboxylic acids is 1. The predicted molar refractivity (Wildman–Crippen MR) is 89.9 cm³/mol. The van der Waals surface area contributed by atoms with Crippen molar-refractivity contribution in [2.45, 2.75) is 25.3 Å². The number of carbonyl (C=O) groups is 1. The second-order valence-corrected chi connectivity index (χ2v) is 6.53. The Morgan fingerprint density at radius 1 is 1.17 bits per heavy atom. The van der Waals surface area contributed by atoms with E-state index >= 15 is 0 Å². The van der Waals surface area contributed by atoms with Crippen molar-refractivity contribution < 1.29 is 9.21 Å². The molecule has 24 heavy (non-hydrogen) atoms. The third-order valence-electron chi connectivity index (χ3n) is 5.05. The Labute approximate surface area is 140 Å². The second kappa shape index (κ2) is 6.28. The summed E-state index contributed by atoms with van der Waals surface area (Å²) in [7, 11) is 0. The van der Waals surface area contributed by atoms with Crippen LogP contribution in [0.25, 0.3) is 11.5 Å². The zero-order valence-corrected chi connectivity index (χ0v) is 13.5. The minimum absolute atomic E-state index is 0.174. The van der Waals surface area contributed by atoms with Gasteiger partial charge in [0.1, 0.15) is 11.3 Å². The maximum Gasteiger partial charge on any atom is 0.261 e. The smallest absolute Gasteiger partial charge is 0.261 e. The lowest BCUT2D eigenvalue weighted by Crippen LogP contribution is -2.56. The van der Waals surface area contributed by atoms with Gasteiger partial charge in [-0.3, -0.25) is 14.5 Å². The van der Waals surface area contributed by atoms with Gasteiger partial charge in [0.25, 0.3) is 11.5 Å². The molecule has 1 unspecified atom stereocenters. The lowest BCUT2D eigenvalue weighted by atomic mass is 9.99. The van der Waals surface area contributed by atoms with Crippen molar-refractivity contribution in [2.75, 3.05) is 26.2 Å². The van der Waals surface area contributed by atoms with Crippen LogP contribution in [0.4, 0.5) is 0 Å². The van der Waals surface area contributed by atoms with Crippen LogP contribution in [0.1, 0.15) is 29.6 Å². The minimum atomic E-state index is -0.361. The maximum atomic E-state index is 12.8. The topological polar surface area (TPSA) is 69.5 Å². The molecule has 4 rings (SSSR count). The molecule has 0 saturated carbocycles. The Bertz CT molecular complexity index is 781. The summed E-state index contributed by atoms with van der Waals surface area (Å²) in [6.45, 7) is 3.44. The highest BCUT2D eigenvalue weighted by atomic mass is 16.3. The number of pyridine rings is 1. The quantitative estimate of drug-likeness (QED) is 0.915. The van der Waals surface area contributed by atoms with E-state index in [0.717, 1.165) is 26.1 Å². The SMILES string of the molecule is O=C(c1ccc(-c2ccco2)[nH]c1=O)N1CCN2CCCCC2C1. The van der Waals surface area contributed by atoms with Gasteiger partial charge < -0.3 is 14.3 Å². The van der Waals surface area contributed by atoms with Gasteiger partial charge in [-0.2, -0.15) is 0 Å². The van der Waals surface area contributed by atoms with Crippen molar-refractivity contribution in [1.29, 1.82) is 0 Å². The summed E-state index contributed by atoms with van der Waals surface area (Å²) >= 11 is 0. The zero-order chi connectivity index (χ0) is 16.5. The number of fused-ring (bicyclic) bond motifs is 1. The van der Waals surface area contributed by atoms with E-state index in [1.165, 1.54) is 12.8 Å². The van der Waals surface area contributed by atoms with Crippen molar-refractivity contribution >= 4 is 5.91 Å². The third-order valence-corrected chi connectivity index (χ3v) is 5.05. The maximum absolute atomic E-state index is 12.8. The van der Waals surface area contributed by atoms with E-state index in [-0.39, 0.29) is 17.0 Å². The first-order chi connectivity index (χ1) is 11.7. The lowest BCUT2D eigenvalue weighted by Gasteiger charge is -2.43. The third kappa shape index (κ3) is 2.78. The Hall–Kier alpha value is -2.34. The monoisotopic (exact) mass is 327 g/mol. The molecule has 4 heterocycles. The van der Waals surface area contributed by atoms with E-state index in [1.807, 2.05) is 4.90 Å². The molecule has 2 saturated heterocycles. The number of H-pyrrole nitrogens is 1. The highest BCUT2D eigenvalue weighted by molar-refractivity contribution is 5.94. The molecule has 2 aromatic heterocycles. The Morgan fingerprint density at radius 3 is 2.88 bits per heavy atom. The normalized spacial score (nSPS) is 21.5. The molecule has 6 heteroatoms. The molecule has 126 valence electrons. The molecule has 1 atom stereocenters. The number of rotatable bonds is 2. The molecule has 0 radical (unpaired) electrons. The van der Waals surface area contributed by atoms with Gasteiger partial charge in [-0.15, -0.1) is 0 Å². The van der Waals surface area contributed by atoms with Crippen LogP contribution in [0.2, 0.25) is 0 Å². The van der Waals surface area contributed by atoms with Gasteiger partial charge in [-0.05, 0) is 43.7 Å². The number of piperazine rings is 1. The summed E-state index contributed by atoms with van der Waals surface area (Å²) in [5, 5.41) is 0. The number of nitrogens with one attached hydrogen (secondary N) is 1. The number of furan rings is 1. The van der Waals surface area contributed by atoms with Gasteiger partial charge in [0.2, 0.25) is 0 Å². The average Bonchev–Trinajstić information content (AvgIpc) is 3.15. The van der Waals surface area contributed by atoms with Crippen LogP contribution < -0.4 is 5.56 Å². The number of aromatic nitrogens is 1. The van der Waals surface area contributed by atoms with Crippen LogP contribution in [0, 0.1) is 0 Å². The summed E-state index contributed by atoms with van der Waals surface area (Å²) in [6.07, 6.45) is 5.16.